The Bertz CT molecular complexity index is 1290. The van der Waals surface area contributed by atoms with E-state index in [4.69, 9.17) is 4.74 Å². The Morgan fingerprint density at radius 2 is 1.97 bits per heavy atom. The van der Waals surface area contributed by atoms with E-state index in [1.165, 1.54) is 38.7 Å². The number of ether oxygens (including phenoxy) is 1. The molecule has 1 aromatic carbocycles. The van der Waals surface area contributed by atoms with Crippen LogP contribution >= 0.6 is 11.3 Å². The lowest BCUT2D eigenvalue weighted by Crippen LogP contribution is -2.30. The minimum atomic E-state index is -3.71. The van der Waals surface area contributed by atoms with Gasteiger partial charge in [-0.25, -0.2) is 13.4 Å². The second kappa shape index (κ2) is 10.4. The number of sulfonamides is 1. The lowest BCUT2D eigenvalue weighted by Gasteiger charge is -2.20. The predicted molar refractivity (Wildman–Crippen MR) is 129 cm³/mol. The van der Waals surface area contributed by atoms with Gasteiger partial charge in [-0.3, -0.25) is 14.2 Å². The van der Waals surface area contributed by atoms with Crippen LogP contribution in [0, 0.1) is 0 Å². The van der Waals surface area contributed by atoms with Gasteiger partial charge in [-0.2, -0.15) is 4.31 Å². The number of fused-ring (bicyclic) bond motifs is 1. The highest BCUT2D eigenvalue weighted by Crippen LogP contribution is 2.30. The Morgan fingerprint density at radius 1 is 1.24 bits per heavy atom. The van der Waals surface area contributed by atoms with E-state index in [9.17, 15) is 18.0 Å². The molecule has 33 heavy (non-hydrogen) atoms. The number of carbonyl (C=O) groups excluding carboxylic acids is 1. The SMILES string of the molecule is CCN(CC)S(=O)(=O)c1ccc(OC(C)C)c(NC(=O)CCn2cnc3sccc3c2=O)c1. The van der Waals surface area contributed by atoms with E-state index in [0.29, 0.717) is 29.1 Å². The quantitative estimate of drug-likeness (QED) is 0.465. The molecule has 9 nitrogen and oxygen atoms in total. The summed E-state index contributed by atoms with van der Waals surface area (Å²) in [6, 6.07) is 6.14. The third-order valence-corrected chi connectivity index (χ3v) is 7.83. The van der Waals surface area contributed by atoms with Gasteiger partial charge in [0.15, 0.2) is 0 Å². The van der Waals surface area contributed by atoms with Gasteiger partial charge in [-0.1, -0.05) is 13.8 Å². The molecule has 0 radical (unpaired) electrons. The summed E-state index contributed by atoms with van der Waals surface area (Å²) in [6.07, 6.45) is 1.26. The Morgan fingerprint density at radius 3 is 2.64 bits per heavy atom. The normalized spacial score (nSPS) is 11.9. The number of nitrogens with one attached hydrogen (secondary N) is 1. The van der Waals surface area contributed by atoms with Crippen molar-refractivity contribution < 1.29 is 17.9 Å². The molecule has 3 rings (SSSR count). The molecule has 0 spiro atoms. The summed E-state index contributed by atoms with van der Waals surface area (Å²) >= 11 is 1.38. The van der Waals surface area contributed by atoms with Gasteiger partial charge < -0.3 is 10.1 Å². The average Bonchev–Trinajstić information content (AvgIpc) is 3.24. The zero-order valence-electron chi connectivity index (χ0n) is 19.1. The maximum Gasteiger partial charge on any atom is 0.262 e. The number of amides is 1. The molecule has 1 N–H and O–H groups in total. The number of aryl methyl sites for hydroxylation is 1. The molecule has 0 bridgehead atoms. The number of hydrogen-bond donors (Lipinski definition) is 1. The van der Waals surface area contributed by atoms with Crippen LogP contribution in [0.2, 0.25) is 0 Å². The van der Waals surface area contributed by atoms with Crippen molar-refractivity contribution in [1.29, 1.82) is 0 Å². The van der Waals surface area contributed by atoms with E-state index in [-0.39, 0.29) is 41.1 Å². The molecule has 0 atom stereocenters. The van der Waals surface area contributed by atoms with Crippen LogP contribution < -0.4 is 15.6 Å². The van der Waals surface area contributed by atoms with Crippen molar-refractivity contribution in [3.8, 4) is 5.75 Å². The second-order valence-corrected chi connectivity index (χ2v) is 10.4. The highest BCUT2D eigenvalue weighted by Gasteiger charge is 2.23. The van der Waals surface area contributed by atoms with E-state index in [2.05, 4.69) is 10.3 Å². The molecule has 2 heterocycles. The number of nitrogens with zero attached hydrogens (tertiary/aromatic N) is 3. The van der Waals surface area contributed by atoms with E-state index in [1.54, 1.807) is 31.4 Å². The number of hydrogen-bond acceptors (Lipinski definition) is 7. The molecular weight excluding hydrogens is 464 g/mol. The second-order valence-electron chi connectivity index (χ2n) is 7.59. The highest BCUT2D eigenvalue weighted by molar-refractivity contribution is 7.89. The van der Waals surface area contributed by atoms with Crippen LogP contribution in [0.4, 0.5) is 5.69 Å². The van der Waals surface area contributed by atoms with Crippen molar-refractivity contribution in [2.24, 2.45) is 0 Å². The van der Waals surface area contributed by atoms with E-state index < -0.39 is 10.0 Å². The Labute approximate surface area is 197 Å². The molecular formula is C22H28N4O5S2. The molecule has 1 amide bonds. The lowest BCUT2D eigenvalue weighted by atomic mass is 10.2. The molecule has 0 unspecified atom stereocenters. The largest absolute Gasteiger partial charge is 0.489 e. The molecule has 0 fully saturated rings. The van der Waals surface area contributed by atoms with Gasteiger partial charge in [0.1, 0.15) is 10.6 Å². The Balaban J connectivity index is 1.82. The van der Waals surface area contributed by atoms with Crippen LogP contribution in [0.1, 0.15) is 34.1 Å². The monoisotopic (exact) mass is 492 g/mol. The Kier molecular flexibility index (Phi) is 7.88. The maximum atomic E-state index is 12.9. The number of benzene rings is 1. The number of aromatic nitrogens is 2. The first-order valence-electron chi connectivity index (χ1n) is 10.7. The fourth-order valence-electron chi connectivity index (χ4n) is 3.32. The highest BCUT2D eigenvalue weighted by atomic mass is 32.2. The number of carbonyl (C=O) groups is 1. The smallest absolute Gasteiger partial charge is 0.262 e. The molecule has 0 aliphatic carbocycles. The zero-order valence-corrected chi connectivity index (χ0v) is 20.7. The zero-order chi connectivity index (χ0) is 24.2. The minimum Gasteiger partial charge on any atom is -0.489 e. The van der Waals surface area contributed by atoms with Crippen LogP contribution in [0.15, 0.2) is 45.7 Å². The number of rotatable bonds is 10. The van der Waals surface area contributed by atoms with Crippen LogP contribution in [0.25, 0.3) is 10.2 Å². The van der Waals surface area contributed by atoms with Gasteiger partial charge in [-0.15, -0.1) is 11.3 Å². The van der Waals surface area contributed by atoms with Crippen molar-refractivity contribution in [2.75, 3.05) is 18.4 Å². The number of thiophene rings is 1. The summed E-state index contributed by atoms with van der Waals surface area (Å²) in [6.45, 7) is 8.03. The summed E-state index contributed by atoms with van der Waals surface area (Å²) in [7, 11) is -3.71. The third-order valence-electron chi connectivity index (χ3n) is 4.96. The topological polar surface area (TPSA) is 111 Å². The van der Waals surface area contributed by atoms with Crippen LogP contribution in [0.3, 0.4) is 0 Å². The van der Waals surface area contributed by atoms with Gasteiger partial charge in [-0.05, 0) is 43.5 Å². The van der Waals surface area contributed by atoms with Crippen molar-refractivity contribution >= 4 is 43.2 Å². The van der Waals surface area contributed by atoms with Crippen LogP contribution in [0.5, 0.6) is 5.75 Å². The third kappa shape index (κ3) is 5.60. The van der Waals surface area contributed by atoms with Crippen LogP contribution in [-0.2, 0) is 21.4 Å². The summed E-state index contributed by atoms with van der Waals surface area (Å²) < 4.78 is 34.4. The number of anilines is 1. The summed E-state index contributed by atoms with van der Waals surface area (Å²) in [5.74, 6) is -0.00585. The molecule has 0 aliphatic heterocycles. The Hall–Kier alpha value is -2.76. The van der Waals surface area contributed by atoms with Crippen molar-refractivity contribution in [1.82, 2.24) is 13.9 Å². The molecule has 178 valence electrons. The van der Waals surface area contributed by atoms with Crippen molar-refractivity contribution in [2.45, 2.75) is 51.7 Å². The fourth-order valence-corrected chi connectivity index (χ4v) is 5.53. The van der Waals surface area contributed by atoms with E-state index >= 15 is 0 Å². The first kappa shape index (κ1) is 24.9. The van der Waals surface area contributed by atoms with Gasteiger partial charge in [0, 0.05) is 26.1 Å². The predicted octanol–water partition coefficient (Wildman–Crippen LogP) is 3.30. The van der Waals surface area contributed by atoms with Gasteiger partial charge in [0.05, 0.1) is 28.4 Å². The minimum absolute atomic E-state index is 0.00533. The molecule has 3 aromatic rings. The van der Waals surface area contributed by atoms with Crippen molar-refractivity contribution in [3.63, 3.8) is 0 Å². The average molecular weight is 493 g/mol. The molecule has 0 aliphatic rings. The van der Waals surface area contributed by atoms with E-state index in [0.717, 1.165) is 0 Å². The van der Waals surface area contributed by atoms with Gasteiger partial charge in [0.2, 0.25) is 15.9 Å². The first-order valence-corrected chi connectivity index (χ1v) is 13.0. The fraction of sp³-hybridized carbons (Fsp3) is 0.409. The molecule has 0 saturated carbocycles. The van der Waals surface area contributed by atoms with Gasteiger partial charge >= 0.3 is 0 Å². The van der Waals surface area contributed by atoms with Crippen LogP contribution in [-0.4, -0.2) is 47.4 Å². The molecule has 2 aromatic heterocycles. The maximum absolute atomic E-state index is 12.9. The lowest BCUT2D eigenvalue weighted by molar-refractivity contribution is -0.116. The summed E-state index contributed by atoms with van der Waals surface area (Å²) in [5, 5.41) is 5.06. The van der Waals surface area contributed by atoms with E-state index in [1.807, 2.05) is 13.8 Å². The summed E-state index contributed by atoms with van der Waals surface area (Å²) in [4.78, 5) is 30.2. The summed E-state index contributed by atoms with van der Waals surface area (Å²) in [5.41, 5.74) is 0.0610. The molecule has 11 heteroatoms. The molecule has 0 saturated heterocycles. The van der Waals surface area contributed by atoms with Gasteiger partial charge in [0.25, 0.3) is 5.56 Å². The van der Waals surface area contributed by atoms with Crippen molar-refractivity contribution in [3.05, 3.63) is 46.3 Å². The standard InChI is InChI=1S/C22H28N4O5S2/c1-5-26(6-2)33(29,30)16-7-8-19(31-15(3)4)18(13-16)24-20(27)9-11-25-14-23-21-17(22(25)28)10-12-32-21/h7-8,10,12-15H,5-6,9,11H2,1-4H3,(H,24,27). The first-order chi connectivity index (χ1) is 15.7.